The SMILES string of the molecule is Cc1ccccc1C1(C2CCNCC2)CCC1. The van der Waals surface area contributed by atoms with Gasteiger partial charge in [-0.2, -0.15) is 0 Å². The van der Waals surface area contributed by atoms with Gasteiger partial charge >= 0.3 is 0 Å². The van der Waals surface area contributed by atoms with Crippen molar-refractivity contribution >= 4 is 0 Å². The minimum absolute atomic E-state index is 0.535. The van der Waals surface area contributed by atoms with E-state index in [1.807, 2.05) is 0 Å². The van der Waals surface area contributed by atoms with E-state index < -0.39 is 0 Å². The monoisotopic (exact) mass is 229 g/mol. The fourth-order valence-corrected chi connectivity index (χ4v) is 3.96. The van der Waals surface area contributed by atoms with Crippen LogP contribution >= 0.6 is 0 Å². The van der Waals surface area contributed by atoms with Crippen LogP contribution in [0.15, 0.2) is 24.3 Å². The van der Waals surface area contributed by atoms with Gasteiger partial charge in [0.25, 0.3) is 0 Å². The molecule has 2 aliphatic rings. The third-order valence-electron chi connectivity index (χ3n) is 5.05. The molecular formula is C16H23N. The van der Waals surface area contributed by atoms with Gasteiger partial charge in [-0.15, -0.1) is 0 Å². The molecule has 1 N–H and O–H groups in total. The molecule has 92 valence electrons. The van der Waals surface area contributed by atoms with Crippen LogP contribution in [-0.4, -0.2) is 13.1 Å². The maximum absolute atomic E-state index is 3.50. The van der Waals surface area contributed by atoms with E-state index in [1.54, 1.807) is 5.56 Å². The molecule has 0 aromatic heterocycles. The van der Waals surface area contributed by atoms with Crippen LogP contribution < -0.4 is 5.32 Å². The second-order valence-corrected chi connectivity index (χ2v) is 5.85. The van der Waals surface area contributed by atoms with E-state index in [9.17, 15) is 0 Å². The van der Waals surface area contributed by atoms with Crippen molar-refractivity contribution < 1.29 is 0 Å². The maximum atomic E-state index is 3.50. The highest BCUT2D eigenvalue weighted by molar-refractivity contribution is 5.36. The van der Waals surface area contributed by atoms with Gasteiger partial charge in [0.05, 0.1) is 0 Å². The molecule has 1 aliphatic carbocycles. The Hall–Kier alpha value is -0.820. The molecule has 2 fully saturated rings. The summed E-state index contributed by atoms with van der Waals surface area (Å²) in [5, 5.41) is 3.50. The highest BCUT2D eigenvalue weighted by Gasteiger charge is 2.45. The molecule has 0 spiro atoms. The van der Waals surface area contributed by atoms with Gasteiger partial charge in [-0.05, 0) is 68.2 Å². The molecule has 1 saturated carbocycles. The number of nitrogens with one attached hydrogen (secondary N) is 1. The van der Waals surface area contributed by atoms with Crippen LogP contribution in [0.5, 0.6) is 0 Å². The zero-order chi connectivity index (χ0) is 11.7. The highest BCUT2D eigenvalue weighted by Crippen LogP contribution is 2.52. The topological polar surface area (TPSA) is 12.0 Å². The molecule has 17 heavy (non-hydrogen) atoms. The number of hydrogen-bond acceptors (Lipinski definition) is 1. The smallest absolute Gasteiger partial charge is 0.00152 e. The standard InChI is InChI=1S/C16H23N/c1-13-5-2-3-6-15(13)16(9-4-10-16)14-7-11-17-12-8-14/h2-3,5-6,14,17H,4,7-12H2,1H3. The van der Waals surface area contributed by atoms with Crippen LogP contribution in [0.4, 0.5) is 0 Å². The average molecular weight is 229 g/mol. The average Bonchev–Trinajstić information content (AvgIpc) is 2.32. The Bertz CT molecular complexity index is 386. The normalized spacial score (nSPS) is 24.3. The fourth-order valence-electron chi connectivity index (χ4n) is 3.96. The van der Waals surface area contributed by atoms with Gasteiger partial charge in [0, 0.05) is 0 Å². The molecule has 1 nitrogen and oxygen atoms in total. The first-order chi connectivity index (χ1) is 8.33. The molecule has 0 radical (unpaired) electrons. The number of rotatable bonds is 2. The van der Waals surface area contributed by atoms with E-state index in [2.05, 4.69) is 36.5 Å². The first-order valence-electron chi connectivity index (χ1n) is 7.10. The van der Waals surface area contributed by atoms with Crippen molar-refractivity contribution in [2.45, 2.75) is 44.4 Å². The van der Waals surface area contributed by atoms with Crippen LogP contribution in [0.3, 0.4) is 0 Å². The van der Waals surface area contributed by atoms with Gasteiger partial charge in [0.15, 0.2) is 0 Å². The van der Waals surface area contributed by atoms with Crippen LogP contribution in [0.25, 0.3) is 0 Å². The van der Waals surface area contributed by atoms with Gasteiger partial charge in [-0.3, -0.25) is 0 Å². The number of hydrogen-bond donors (Lipinski definition) is 1. The lowest BCUT2D eigenvalue weighted by molar-refractivity contribution is 0.115. The molecule has 1 aromatic rings. The van der Waals surface area contributed by atoms with E-state index in [1.165, 1.54) is 50.8 Å². The van der Waals surface area contributed by atoms with Crippen molar-refractivity contribution in [2.75, 3.05) is 13.1 Å². The highest BCUT2D eigenvalue weighted by atomic mass is 14.9. The fraction of sp³-hybridized carbons (Fsp3) is 0.625. The van der Waals surface area contributed by atoms with Gasteiger partial charge in [-0.25, -0.2) is 0 Å². The second kappa shape index (κ2) is 4.45. The first kappa shape index (κ1) is 11.3. The van der Waals surface area contributed by atoms with Crippen molar-refractivity contribution in [1.29, 1.82) is 0 Å². The van der Waals surface area contributed by atoms with E-state index in [-0.39, 0.29) is 0 Å². The number of aryl methyl sites for hydroxylation is 1. The lowest BCUT2D eigenvalue weighted by atomic mass is 9.55. The molecule has 0 bridgehead atoms. The predicted molar refractivity (Wildman–Crippen MR) is 72.3 cm³/mol. The molecule has 0 unspecified atom stereocenters. The van der Waals surface area contributed by atoms with E-state index in [4.69, 9.17) is 0 Å². The summed E-state index contributed by atoms with van der Waals surface area (Å²) < 4.78 is 0. The van der Waals surface area contributed by atoms with Crippen molar-refractivity contribution in [2.24, 2.45) is 5.92 Å². The first-order valence-corrected chi connectivity index (χ1v) is 7.10. The Morgan fingerprint density at radius 2 is 1.82 bits per heavy atom. The molecule has 1 saturated heterocycles. The van der Waals surface area contributed by atoms with Crippen molar-refractivity contribution in [3.63, 3.8) is 0 Å². The minimum atomic E-state index is 0.535. The third-order valence-corrected chi connectivity index (χ3v) is 5.05. The summed E-state index contributed by atoms with van der Waals surface area (Å²) in [5.74, 6) is 0.915. The van der Waals surface area contributed by atoms with E-state index in [0.717, 1.165) is 5.92 Å². The van der Waals surface area contributed by atoms with Crippen LogP contribution in [0, 0.1) is 12.8 Å². The lowest BCUT2D eigenvalue weighted by Crippen LogP contribution is -2.46. The summed E-state index contributed by atoms with van der Waals surface area (Å²) >= 11 is 0. The van der Waals surface area contributed by atoms with Gasteiger partial charge in [0.2, 0.25) is 0 Å². The van der Waals surface area contributed by atoms with Crippen LogP contribution in [-0.2, 0) is 5.41 Å². The summed E-state index contributed by atoms with van der Waals surface area (Å²) in [6, 6.07) is 9.07. The van der Waals surface area contributed by atoms with Crippen LogP contribution in [0.1, 0.15) is 43.2 Å². The number of benzene rings is 1. The van der Waals surface area contributed by atoms with E-state index >= 15 is 0 Å². The summed E-state index contributed by atoms with van der Waals surface area (Å²) in [7, 11) is 0. The molecule has 0 amide bonds. The Labute approximate surface area is 105 Å². The molecule has 1 aromatic carbocycles. The van der Waals surface area contributed by atoms with Crippen molar-refractivity contribution in [3.05, 3.63) is 35.4 Å². The van der Waals surface area contributed by atoms with Crippen LogP contribution in [0.2, 0.25) is 0 Å². The summed E-state index contributed by atoms with van der Waals surface area (Å²) in [6.07, 6.45) is 7.01. The molecule has 0 atom stereocenters. The maximum Gasteiger partial charge on any atom is -0.00152 e. The van der Waals surface area contributed by atoms with E-state index in [0.29, 0.717) is 5.41 Å². The molecular weight excluding hydrogens is 206 g/mol. The van der Waals surface area contributed by atoms with Crippen molar-refractivity contribution in [3.8, 4) is 0 Å². The number of piperidine rings is 1. The Balaban J connectivity index is 1.93. The predicted octanol–water partition coefficient (Wildman–Crippen LogP) is 3.42. The third kappa shape index (κ3) is 1.81. The molecule has 1 heteroatoms. The molecule has 1 heterocycles. The van der Waals surface area contributed by atoms with Gasteiger partial charge < -0.3 is 5.32 Å². The quantitative estimate of drug-likeness (QED) is 0.819. The lowest BCUT2D eigenvalue weighted by Gasteiger charge is -2.50. The summed E-state index contributed by atoms with van der Waals surface area (Å²) in [4.78, 5) is 0. The summed E-state index contributed by atoms with van der Waals surface area (Å²) in [5.41, 5.74) is 3.69. The molecule has 3 rings (SSSR count). The second-order valence-electron chi connectivity index (χ2n) is 5.85. The van der Waals surface area contributed by atoms with Crippen molar-refractivity contribution in [1.82, 2.24) is 5.32 Å². The zero-order valence-electron chi connectivity index (χ0n) is 10.8. The summed E-state index contributed by atoms with van der Waals surface area (Å²) in [6.45, 7) is 4.73. The Kier molecular flexibility index (Phi) is 2.96. The Morgan fingerprint density at radius 1 is 1.12 bits per heavy atom. The van der Waals surface area contributed by atoms with Gasteiger partial charge in [-0.1, -0.05) is 30.7 Å². The largest absolute Gasteiger partial charge is 0.317 e. The van der Waals surface area contributed by atoms with Gasteiger partial charge in [0.1, 0.15) is 0 Å². The Morgan fingerprint density at radius 3 is 2.41 bits per heavy atom. The zero-order valence-corrected chi connectivity index (χ0v) is 10.8. The molecule has 1 aliphatic heterocycles. The minimum Gasteiger partial charge on any atom is -0.317 e.